The molecule has 7 heteroatoms. The summed E-state index contributed by atoms with van der Waals surface area (Å²) in [5.41, 5.74) is 7.49. The molecule has 3 heterocycles. The fourth-order valence-corrected chi connectivity index (χ4v) is 16.9. The van der Waals surface area contributed by atoms with Gasteiger partial charge >= 0.3 is 0 Å². The maximum atomic E-state index is 5.94. The van der Waals surface area contributed by atoms with Crippen molar-refractivity contribution < 1.29 is 4.74 Å². The first kappa shape index (κ1) is 50.7. The van der Waals surface area contributed by atoms with Crippen molar-refractivity contribution in [3.05, 3.63) is 327 Å². The van der Waals surface area contributed by atoms with E-state index in [0.29, 0.717) is 5.88 Å². The summed E-state index contributed by atoms with van der Waals surface area (Å²) in [6, 6.07) is 104. The van der Waals surface area contributed by atoms with E-state index in [-0.39, 0.29) is 0 Å². The van der Waals surface area contributed by atoms with Gasteiger partial charge in [-0.25, -0.2) is 4.98 Å². The lowest BCUT2D eigenvalue weighted by Gasteiger charge is -2.22. The quantitative estimate of drug-likeness (QED) is 0.114. The zero-order valence-corrected chi connectivity index (χ0v) is 45.0. The number of pyridine rings is 3. The Labute approximate surface area is 456 Å². The SMILES string of the molecule is c1ccc(P(c2ccccc2)c2cccc(Oc3ccccn3)c2)cc1.c1ccc(P(c2ccccc2)c2cccc3c2-c2ncccc2C3)cc1.c1ccc(P(c2ccccc2)c2ccccc2-c2ccccn2)cc1. The number of ether oxygens (including phenoxy) is 1. The predicted octanol–water partition coefficient (Wildman–Crippen LogP) is 13.5. The summed E-state index contributed by atoms with van der Waals surface area (Å²) in [4.78, 5) is 13.6. The first-order valence-electron chi connectivity index (χ1n) is 25.7. The third-order valence-corrected chi connectivity index (χ3v) is 20.4. The number of aromatic nitrogens is 3. The summed E-state index contributed by atoms with van der Waals surface area (Å²) >= 11 is 0. The maximum Gasteiger partial charge on any atom is 0.219 e. The third-order valence-electron chi connectivity index (χ3n) is 13.0. The van der Waals surface area contributed by atoms with E-state index in [1.54, 1.807) is 6.20 Å². The van der Waals surface area contributed by atoms with Gasteiger partial charge in [0.2, 0.25) is 5.88 Å². The van der Waals surface area contributed by atoms with E-state index < -0.39 is 23.8 Å². The van der Waals surface area contributed by atoms with Crippen LogP contribution in [0.2, 0.25) is 0 Å². The molecule has 9 aromatic carbocycles. The van der Waals surface area contributed by atoms with E-state index in [4.69, 9.17) is 9.72 Å². The molecule has 370 valence electrons. The second-order valence-electron chi connectivity index (χ2n) is 18.0. The molecule has 0 amide bonds. The van der Waals surface area contributed by atoms with E-state index in [1.165, 1.54) is 70.0 Å². The van der Waals surface area contributed by atoms with Crippen LogP contribution in [0.1, 0.15) is 11.1 Å². The number of benzene rings is 9. The highest BCUT2D eigenvalue weighted by molar-refractivity contribution is 7.80. The Bertz CT molecular complexity index is 3630. The van der Waals surface area contributed by atoms with E-state index in [2.05, 4.69) is 265 Å². The van der Waals surface area contributed by atoms with Crippen molar-refractivity contribution >= 4 is 71.5 Å². The molecule has 3 aromatic heterocycles. The van der Waals surface area contributed by atoms with Crippen molar-refractivity contribution in [3.63, 3.8) is 0 Å². The molecule has 0 saturated carbocycles. The Hall–Kier alpha value is -8.48. The van der Waals surface area contributed by atoms with Crippen molar-refractivity contribution in [1.29, 1.82) is 0 Å². The fourth-order valence-electron chi connectivity index (χ4n) is 9.59. The molecule has 77 heavy (non-hydrogen) atoms. The summed E-state index contributed by atoms with van der Waals surface area (Å²) in [6.45, 7) is 0. The predicted molar refractivity (Wildman–Crippen MR) is 329 cm³/mol. The molecule has 0 bridgehead atoms. The van der Waals surface area contributed by atoms with Crippen molar-refractivity contribution in [2.45, 2.75) is 6.42 Å². The van der Waals surface area contributed by atoms with Gasteiger partial charge in [0.1, 0.15) is 5.75 Å². The Morgan fingerprint density at radius 3 is 1.26 bits per heavy atom. The smallest absolute Gasteiger partial charge is 0.219 e. The molecule has 1 aliphatic carbocycles. The van der Waals surface area contributed by atoms with Crippen LogP contribution in [0, 0.1) is 0 Å². The van der Waals surface area contributed by atoms with E-state index in [1.807, 2.05) is 54.9 Å². The van der Waals surface area contributed by atoms with Crippen molar-refractivity contribution in [2.24, 2.45) is 0 Å². The zero-order valence-electron chi connectivity index (χ0n) is 42.3. The molecular weight excluding hydrogens is 992 g/mol. The Morgan fingerprint density at radius 1 is 0.299 bits per heavy atom. The lowest BCUT2D eigenvalue weighted by atomic mass is 10.1. The van der Waals surface area contributed by atoms with Gasteiger partial charge in [0.05, 0.1) is 11.4 Å². The number of hydrogen-bond donors (Lipinski definition) is 0. The maximum absolute atomic E-state index is 5.94. The van der Waals surface area contributed by atoms with Gasteiger partial charge < -0.3 is 4.74 Å². The third kappa shape index (κ3) is 12.3. The molecule has 12 aromatic rings. The molecule has 0 atom stereocenters. The van der Waals surface area contributed by atoms with Gasteiger partial charge in [-0.1, -0.05) is 255 Å². The monoisotopic (exact) mass is 1050 g/mol. The Kier molecular flexibility index (Phi) is 16.7. The number of hydrogen-bond acceptors (Lipinski definition) is 4. The number of nitrogens with zero attached hydrogens (tertiary/aromatic N) is 3. The zero-order chi connectivity index (χ0) is 51.9. The average Bonchev–Trinajstić information content (AvgIpc) is 3.90. The lowest BCUT2D eigenvalue weighted by Crippen LogP contribution is -2.22. The van der Waals surface area contributed by atoms with E-state index in [0.717, 1.165) is 23.6 Å². The summed E-state index contributed by atoms with van der Waals surface area (Å²) in [5.74, 6) is 1.41. The van der Waals surface area contributed by atoms with Crippen LogP contribution in [0.25, 0.3) is 22.5 Å². The van der Waals surface area contributed by atoms with Crippen LogP contribution >= 0.6 is 23.8 Å². The van der Waals surface area contributed by atoms with Gasteiger partial charge in [0, 0.05) is 42.2 Å². The lowest BCUT2D eigenvalue weighted by molar-refractivity contribution is 0.463. The second kappa shape index (κ2) is 25.4. The number of rotatable bonds is 12. The first-order chi connectivity index (χ1) is 38.2. The first-order valence-corrected chi connectivity index (χ1v) is 29.7. The molecule has 0 radical (unpaired) electrons. The van der Waals surface area contributed by atoms with Crippen LogP contribution < -0.4 is 52.5 Å². The minimum absolute atomic E-state index is 0.605. The van der Waals surface area contributed by atoms with Crippen molar-refractivity contribution in [3.8, 4) is 34.1 Å². The van der Waals surface area contributed by atoms with Crippen LogP contribution in [0.15, 0.2) is 316 Å². The Morgan fingerprint density at radius 2 is 0.727 bits per heavy atom. The molecular formula is C70H54N3OP3. The number of fused-ring (bicyclic) bond motifs is 3. The summed E-state index contributed by atoms with van der Waals surface area (Å²) < 4.78 is 5.94. The van der Waals surface area contributed by atoms with Gasteiger partial charge in [-0.15, -0.1) is 0 Å². The molecule has 1 aliphatic rings. The topological polar surface area (TPSA) is 47.9 Å². The molecule has 4 nitrogen and oxygen atoms in total. The van der Waals surface area contributed by atoms with Crippen LogP contribution in [0.5, 0.6) is 11.6 Å². The normalized spacial score (nSPS) is 11.2. The molecule has 0 aliphatic heterocycles. The summed E-state index contributed by atoms with van der Waals surface area (Å²) in [7, 11) is -1.88. The molecule has 0 N–H and O–H groups in total. The second-order valence-corrected chi connectivity index (χ2v) is 24.6. The Balaban J connectivity index is 0.000000123. The fraction of sp³-hybridized carbons (Fsp3) is 0.0143. The van der Waals surface area contributed by atoms with E-state index in [9.17, 15) is 0 Å². The van der Waals surface area contributed by atoms with Gasteiger partial charge in [-0.2, -0.15) is 0 Å². The van der Waals surface area contributed by atoms with Crippen molar-refractivity contribution in [2.75, 3.05) is 0 Å². The molecule has 0 spiro atoms. The molecule has 0 unspecified atom stereocenters. The van der Waals surface area contributed by atoms with Crippen LogP contribution in [-0.2, 0) is 6.42 Å². The highest BCUT2D eigenvalue weighted by atomic mass is 31.1. The largest absolute Gasteiger partial charge is 0.439 e. The van der Waals surface area contributed by atoms with Crippen LogP contribution in [-0.4, -0.2) is 15.0 Å². The minimum atomic E-state index is -0.637. The summed E-state index contributed by atoms with van der Waals surface area (Å²) in [5, 5.41) is 12.1. The molecule has 0 fully saturated rings. The highest BCUT2D eigenvalue weighted by Gasteiger charge is 2.28. The van der Waals surface area contributed by atoms with Gasteiger partial charge in [0.15, 0.2) is 0 Å². The van der Waals surface area contributed by atoms with Crippen LogP contribution in [0.3, 0.4) is 0 Å². The van der Waals surface area contributed by atoms with Crippen molar-refractivity contribution in [1.82, 2.24) is 15.0 Å². The average molecular weight is 1050 g/mol. The van der Waals surface area contributed by atoms with Gasteiger partial charge in [0.25, 0.3) is 0 Å². The molecule has 0 saturated heterocycles. The van der Waals surface area contributed by atoms with E-state index >= 15 is 0 Å². The highest BCUT2D eigenvalue weighted by Crippen LogP contribution is 2.43. The van der Waals surface area contributed by atoms with Gasteiger partial charge in [-0.3, -0.25) is 9.97 Å². The minimum Gasteiger partial charge on any atom is -0.439 e. The summed E-state index contributed by atoms with van der Waals surface area (Å²) in [6.07, 6.45) is 6.50. The van der Waals surface area contributed by atoms with Gasteiger partial charge in [-0.05, 0) is 119 Å². The standard InChI is InChI=1S/C24H18NP.C23H18NOP.C23H18NP/c1-3-11-20(12-4-1)26(21-13-5-2-6-14-21)22-15-7-9-18-17-19-10-8-16-25-24(19)23(18)22;1-3-11-20(12-4-1)26(21-13-5-2-6-14-21)22-15-9-10-19(18-22)25-23-16-7-8-17-24-23;1-3-11-19(12-4-1)25(20-13-5-2-6-14-20)23-17-8-7-15-21(23)22-16-9-10-18-24-22/h1-16H,17H2;1-18H;1-18H. The van der Waals surface area contributed by atoms with Crippen LogP contribution in [0.4, 0.5) is 0 Å². The molecule has 13 rings (SSSR count).